The number of piperazine rings is 1. The summed E-state index contributed by atoms with van der Waals surface area (Å²) in [6.07, 6.45) is 0. The Morgan fingerprint density at radius 3 is 2.25 bits per heavy atom. The first-order valence-corrected chi connectivity index (χ1v) is 9.35. The second kappa shape index (κ2) is 9.32. The van der Waals surface area contributed by atoms with Crippen LogP contribution in [0, 0.1) is 5.82 Å². The summed E-state index contributed by atoms with van der Waals surface area (Å²) >= 11 is 0. The van der Waals surface area contributed by atoms with Gasteiger partial charge in [0.2, 0.25) is 0 Å². The standard InChI is InChI=1S/C21H24FN3O3/c1-2-28-20(26)17-5-9-19(10-6-17)23-21(27)25-13-11-24(12-14-25)15-16-3-7-18(22)8-4-16/h3-10H,2,11-15H2,1H3,(H,23,27). The van der Waals surface area contributed by atoms with Crippen molar-refractivity contribution in [3.63, 3.8) is 0 Å². The summed E-state index contributed by atoms with van der Waals surface area (Å²) < 4.78 is 17.9. The van der Waals surface area contributed by atoms with Crippen molar-refractivity contribution in [3.05, 3.63) is 65.5 Å². The molecule has 3 rings (SSSR count). The number of amides is 2. The van der Waals surface area contributed by atoms with E-state index in [0.717, 1.165) is 25.2 Å². The van der Waals surface area contributed by atoms with Gasteiger partial charge < -0.3 is 15.0 Å². The molecule has 1 saturated heterocycles. The molecule has 148 valence electrons. The number of hydrogen-bond donors (Lipinski definition) is 1. The SMILES string of the molecule is CCOC(=O)c1ccc(NC(=O)N2CCN(Cc3ccc(F)cc3)CC2)cc1. The Kier molecular flexibility index (Phi) is 6.60. The topological polar surface area (TPSA) is 61.9 Å². The summed E-state index contributed by atoms with van der Waals surface area (Å²) in [5.41, 5.74) is 2.14. The third-order valence-corrected chi connectivity index (χ3v) is 4.63. The van der Waals surface area contributed by atoms with Gasteiger partial charge in [-0.25, -0.2) is 14.0 Å². The number of hydrogen-bond acceptors (Lipinski definition) is 4. The predicted octanol–water partition coefficient (Wildman–Crippen LogP) is 3.35. The van der Waals surface area contributed by atoms with Crippen LogP contribution in [0.4, 0.5) is 14.9 Å². The molecule has 2 amide bonds. The second-order valence-corrected chi connectivity index (χ2v) is 6.62. The average molecular weight is 385 g/mol. The Hall–Kier alpha value is -2.93. The smallest absolute Gasteiger partial charge is 0.338 e. The zero-order chi connectivity index (χ0) is 19.9. The molecule has 28 heavy (non-hydrogen) atoms. The van der Waals surface area contributed by atoms with Gasteiger partial charge in [0, 0.05) is 38.4 Å². The first kappa shape index (κ1) is 19.8. The second-order valence-electron chi connectivity index (χ2n) is 6.62. The highest BCUT2D eigenvalue weighted by molar-refractivity contribution is 5.92. The van der Waals surface area contributed by atoms with E-state index in [9.17, 15) is 14.0 Å². The number of nitrogens with one attached hydrogen (secondary N) is 1. The Bertz CT molecular complexity index is 801. The van der Waals surface area contributed by atoms with Crippen LogP contribution in [-0.4, -0.2) is 54.6 Å². The number of halogens is 1. The van der Waals surface area contributed by atoms with Gasteiger partial charge in [0.15, 0.2) is 0 Å². The van der Waals surface area contributed by atoms with Gasteiger partial charge in [0.1, 0.15) is 5.82 Å². The molecule has 0 spiro atoms. The minimum absolute atomic E-state index is 0.162. The number of ether oxygens (including phenoxy) is 1. The number of urea groups is 1. The first-order chi connectivity index (χ1) is 13.5. The normalized spacial score (nSPS) is 14.6. The number of benzene rings is 2. The predicted molar refractivity (Wildman–Crippen MR) is 105 cm³/mol. The molecule has 0 aliphatic carbocycles. The van der Waals surface area contributed by atoms with E-state index in [1.54, 1.807) is 48.2 Å². The molecule has 6 nitrogen and oxygen atoms in total. The molecule has 1 N–H and O–H groups in total. The van der Waals surface area contributed by atoms with Gasteiger partial charge in [-0.1, -0.05) is 12.1 Å². The minimum Gasteiger partial charge on any atom is -0.462 e. The molecule has 1 fully saturated rings. The molecule has 1 aliphatic heterocycles. The molecule has 1 heterocycles. The zero-order valence-electron chi connectivity index (χ0n) is 15.9. The van der Waals surface area contributed by atoms with Crippen LogP contribution in [0.5, 0.6) is 0 Å². The van der Waals surface area contributed by atoms with Crippen molar-refractivity contribution in [1.82, 2.24) is 9.80 Å². The Balaban J connectivity index is 1.47. The third-order valence-electron chi connectivity index (χ3n) is 4.63. The van der Waals surface area contributed by atoms with Gasteiger partial charge in [-0.05, 0) is 48.9 Å². The fourth-order valence-corrected chi connectivity index (χ4v) is 3.06. The monoisotopic (exact) mass is 385 g/mol. The van der Waals surface area contributed by atoms with E-state index < -0.39 is 0 Å². The number of carbonyl (C=O) groups is 2. The van der Waals surface area contributed by atoms with Crippen molar-refractivity contribution >= 4 is 17.7 Å². The van der Waals surface area contributed by atoms with Crippen LogP contribution < -0.4 is 5.32 Å². The van der Waals surface area contributed by atoms with Crippen LogP contribution in [0.15, 0.2) is 48.5 Å². The van der Waals surface area contributed by atoms with E-state index in [2.05, 4.69) is 10.2 Å². The molecular formula is C21H24FN3O3. The maximum atomic E-state index is 13.0. The molecule has 2 aromatic carbocycles. The van der Waals surface area contributed by atoms with Gasteiger partial charge >= 0.3 is 12.0 Å². The summed E-state index contributed by atoms with van der Waals surface area (Å²) in [7, 11) is 0. The summed E-state index contributed by atoms with van der Waals surface area (Å²) in [5.74, 6) is -0.613. The van der Waals surface area contributed by atoms with Gasteiger partial charge in [0.25, 0.3) is 0 Å². The highest BCUT2D eigenvalue weighted by atomic mass is 19.1. The van der Waals surface area contributed by atoms with Gasteiger partial charge in [0.05, 0.1) is 12.2 Å². The van der Waals surface area contributed by atoms with Crippen LogP contribution in [0.2, 0.25) is 0 Å². The van der Waals surface area contributed by atoms with Crippen LogP contribution in [-0.2, 0) is 11.3 Å². The third kappa shape index (κ3) is 5.29. The van der Waals surface area contributed by atoms with E-state index in [1.807, 2.05) is 0 Å². The van der Waals surface area contributed by atoms with Crippen molar-refractivity contribution in [2.24, 2.45) is 0 Å². The fraction of sp³-hybridized carbons (Fsp3) is 0.333. The van der Waals surface area contributed by atoms with Gasteiger partial charge in [-0.2, -0.15) is 0 Å². The Labute approximate surface area is 163 Å². The largest absolute Gasteiger partial charge is 0.462 e. The lowest BCUT2D eigenvalue weighted by molar-refractivity contribution is 0.0526. The van der Waals surface area contributed by atoms with Crippen LogP contribution >= 0.6 is 0 Å². The summed E-state index contributed by atoms with van der Waals surface area (Å²) in [6, 6.07) is 13.0. The molecule has 0 saturated carbocycles. The van der Waals surface area contributed by atoms with Crippen LogP contribution in [0.1, 0.15) is 22.8 Å². The molecule has 0 unspecified atom stereocenters. The maximum absolute atomic E-state index is 13.0. The minimum atomic E-state index is -0.377. The van der Waals surface area contributed by atoms with E-state index in [1.165, 1.54) is 12.1 Å². The number of nitrogens with zero attached hydrogens (tertiary/aromatic N) is 2. The van der Waals surface area contributed by atoms with Crippen LogP contribution in [0.25, 0.3) is 0 Å². The number of anilines is 1. The summed E-state index contributed by atoms with van der Waals surface area (Å²) in [6.45, 7) is 5.57. The van der Waals surface area contributed by atoms with E-state index in [4.69, 9.17) is 4.74 Å². The molecule has 2 aromatic rings. The molecular weight excluding hydrogens is 361 g/mol. The lowest BCUT2D eigenvalue weighted by Crippen LogP contribution is -2.49. The van der Waals surface area contributed by atoms with E-state index in [-0.39, 0.29) is 17.8 Å². The zero-order valence-corrected chi connectivity index (χ0v) is 15.9. The van der Waals surface area contributed by atoms with Crippen molar-refractivity contribution in [3.8, 4) is 0 Å². The molecule has 0 aromatic heterocycles. The fourth-order valence-electron chi connectivity index (χ4n) is 3.06. The lowest BCUT2D eigenvalue weighted by Gasteiger charge is -2.34. The summed E-state index contributed by atoms with van der Waals surface area (Å²) in [5, 5.41) is 2.86. The lowest BCUT2D eigenvalue weighted by atomic mass is 10.2. The Morgan fingerprint density at radius 1 is 1.00 bits per heavy atom. The van der Waals surface area contributed by atoms with Gasteiger partial charge in [-0.3, -0.25) is 4.90 Å². The van der Waals surface area contributed by atoms with Crippen molar-refractivity contribution < 1.29 is 18.7 Å². The molecule has 0 atom stereocenters. The highest BCUT2D eigenvalue weighted by Crippen LogP contribution is 2.14. The van der Waals surface area contributed by atoms with E-state index in [0.29, 0.717) is 30.9 Å². The average Bonchev–Trinajstić information content (AvgIpc) is 2.71. The number of carbonyl (C=O) groups excluding carboxylic acids is 2. The molecule has 0 bridgehead atoms. The first-order valence-electron chi connectivity index (χ1n) is 9.35. The summed E-state index contributed by atoms with van der Waals surface area (Å²) in [4.78, 5) is 28.1. The molecule has 1 aliphatic rings. The van der Waals surface area contributed by atoms with Crippen LogP contribution in [0.3, 0.4) is 0 Å². The van der Waals surface area contributed by atoms with Crippen molar-refractivity contribution in [2.45, 2.75) is 13.5 Å². The maximum Gasteiger partial charge on any atom is 0.338 e. The quantitative estimate of drug-likeness (QED) is 0.802. The van der Waals surface area contributed by atoms with E-state index >= 15 is 0 Å². The molecule has 7 heteroatoms. The highest BCUT2D eigenvalue weighted by Gasteiger charge is 2.21. The molecule has 0 radical (unpaired) electrons. The number of esters is 1. The Morgan fingerprint density at radius 2 is 1.64 bits per heavy atom. The van der Waals surface area contributed by atoms with Crippen molar-refractivity contribution in [1.29, 1.82) is 0 Å². The van der Waals surface area contributed by atoms with Crippen molar-refractivity contribution in [2.75, 3.05) is 38.1 Å². The van der Waals surface area contributed by atoms with Gasteiger partial charge in [-0.15, -0.1) is 0 Å². The number of rotatable bonds is 5.